The van der Waals surface area contributed by atoms with Crippen LogP contribution in [0.2, 0.25) is 0 Å². The van der Waals surface area contributed by atoms with Crippen molar-refractivity contribution in [3.8, 4) is 0 Å². The third-order valence-electron chi connectivity index (χ3n) is 3.18. The van der Waals surface area contributed by atoms with Crippen molar-refractivity contribution in [2.24, 2.45) is 5.73 Å². The lowest BCUT2D eigenvalue weighted by Crippen LogP contribution is -2.41. The summed E-state index contributed by atoms with van der Waals surface area (Å²) in [7, 11) is -3.09. The maximum atomic E-state index is 12.0. The summed E-state index contributed by atoms with van der Waals surface area (Å²) in [4.78, 5) is 0. The zero-order valence-electron chi connectivity index (χ0n) is 8.52. The third kappa shape index (κ3) is 1.68. The standard InChI is InChI=1S/C9H18N2O2S/c1-7(10)6-14(12,13)11-8-2-3-9(11)5-4-8/h7-9H,2-6,10H2,1H3. The Kier molecular flexibility index (Phi) is 2.57. The van der Waals surface area contributed by atoms with Crippen LogP contribution in [0.4, 0.5) is 0 Å². The Balaban J connectivity index is 2.15. The molecule has 2 aliphatic heterocycles. The van der Waals surface area contributed by atoms with Gasteiger partial charge in [-0.15, -0.1) is 0 Å². The zero-order chi connectivity index (χ0) is 10.3. The molecule has 2 bridgehead atoms. The average Bonchev–Trinajstić information content (AvgIpc) is 2.58. The van der Waals surface area contributed by atoms with Crippen LogP contribution in [0.5, 0.6) is 0 Å². The first kappa shape index (κ1) is 10.4. The quantitative estimate of drug-likeness (QED) is 0.740. The zero-order valence-corrected chi connectivity index (χ0v) is 9.33. The SMILES string of the molecule is CC(N)CS(=O)(=O)N1C2CCC1CC2. The highest BCUT2D eigenvalue weighted by Gasteiger charge is 2.45. The Labute approximate surface area is 85.5 Å². The van der Waals surface area contributed by atoms with Crippen LogP contribution in [-0.4, -0.2) is 36.6 Å². The first-order chi connectivity index (χ1) is 6.50. The van der Waals surface area contributed by atoms with E-state index in [1.54, 1.807) is 11.2 Å². The highest BCUT2D eigenvalue weighted by Crippen LogP contribution is 2.39. The van der Waals surface area contributed by atoms with Crippen molar-refractivity contribution in [3.63, 3.8) is 0 Å². The number of fused-ring (bicyclic) bond motifs is 2. The van der Waals surface area contributed by atoms with E-state index in [-0.39, 0.29) is 23.9 Å². The normalized spacial score (nSPS) is 35.0. The van der Waals surface area contributed by atoms with Gasteiger partial charge in [0.05, 0.1) is 5.75 Å². The molecule has 4 nitrogen and oxygen atoms in total. The van der Waals surface area contributed by atoms with Crippen molar-refractivity contribution < 1.29 is 8.42 Å². The van der Waals surface area contributed by atoms with Gasteiger partial charge >= 0.3 is 0 Å². The molecule has 14 heavy (non-hydrogen) atoms. The van der Waals surface area contributed by atoms with Gasteiger partial charge in [0.2, 0.25) is 10.0 Å². The molecular weight excluding hydrogens is 200 g/mol. The Morgan fingerprint density at radius 2 is 1.71 bits per heavy atom. The molecule has 0 aliphatic carbocycles. The van der Waals surface area contributed by atoms with Crippen LogP contribution in [0, 0.1) is 0 Å². The first-order valence-electron chi connectivity index (χ1n) is 5.27. The summed E-state index contributed by atoms with van der Waals surface area (Å²) in [5, 5.41) is 0. The molecule has 0 spiro atoms. The second-order valence-corrected chi connectivity index (χ2v) is 6.47. The number of rotatable bonds is 3. The molecule has 0 saturated carbocycles. The summed E-state index contributed by atoms with van der Waals surface area (Å²) in [6, 6.07) is 0.299. The Hall–Kier alpha value is -0.130. The second kappa shape index (κ2) is 3.47. The van der Waals surface area contributed by atoms with Crippen LogP contribution in [0.1, 0.15) is 32.6 Å². The van der Waals surface area contributed by atoms with Gasteiger partial charge < -0.3 is 5.73 Å². The van der Waals surface area contributed by atoms with Crippen molar-refractivity contribution in [2.75, 3.05) is 5.75 Å². The first-order valence-corrected chi connectivity index (χ1v) is 6.88. The smallest absolute Gasteiger partial charge is 0.216 e. The monoisotopic (exact) mass is 218 g/mol. The third-order valence-corrected chi connectivity index (χ3v) is 5.37. The number of sulfonamides is 1. The minimum absolute atomic E-state index is 0.0972. The van der Waals surface area contributed by atoms with E-state index in [4.69, 9.17) is 5.73 Å². The van der Waals surface area contributed by atoms with Crippen LogP contribution in [0.3, 0.4) is 0 Å². The molecule has 1 atom stereocenters. The van der Waals surface area contributed by atoms with Gasteiger partial charge in [0.1, 0.15) is 0 Å². The molecule has 0 amide bonds. The molecule has 2 aliphatic rings. The fourth-order valence-electron chi connectivity index (χ4n) is 2.74. The van der Waals surface area contributed by atoms with Crippen LogP contribution in [0.15, 0.2) is 0 Å². The summed E-state index contributed by atoms with van der Waals surface area (Å²) in [6.07, 6.45) is 4.18. The summed E-state index contributed by atoms with van der Waals surface area (Å²) in [6.45, 7) is 1.75. The number of hydrogen-bond acceptors (Lipinski definition) is 3. The Morgan fingerprint density at radius 3 is 2.07 bits per heavy atom. The van der Waals surface area contributed by atoms with Gasteiger partial charge in [-0.3, -0.25) is 0 Å². The summed E-state index contributed by atoms with van der Waals surface area (Å²) in [5.41, 5.74) is 5.55. The lowest BCUT2D eigenvalue weighted by Gasteiger charge is -2.22. The lowest BCUT2D eigenvalue weighted by molar-refractivity contribution is 0.394. The van der Waals surface area contributed by atoms with Crippen LogP contribution < -0.4 is 5.73 Å². The van der Waals surface area contributed by atoms with Gasteiger partial charge in [0.15, 0.2) is 0 Å². The van der Waals surface area contributed by atoms with Crippen LogP contribution >= 0.6 is 0 Å². The molecule has 5 heteroatoms. The molecule has 2 rings (SSSR count). The van der Waals surface area contributed by atoms with Crippen LogP contribution in [-0.2, 0) is 10.0 Å². The maximum absolute atomic E-state index is 12.0. The Morgan fingerprint density at radius 1 is 1.29 bits per heavy atom. The fraction of sp³-hybridized carbons (Fsp3) is 1.00. The van der Waals surface area contributed by atoms with Crippen molar-refractivity contribution >= 4 is 10.0 Å². The van der Waals surface area contributed by atoms with Gasteiger partial charge in [-0.2, -0.15) is 4.31 Å². The molecular formula is C9H18N2O2S. The summed E-state index contributed by atoms with van der Waals surface area (Å²) >= 11 is 0. The molecule has 0 aromatic rings. The number of nitrogens with two attached hydrogens (primary N) is 1. The molecule has 1 unspecified atom stereocenters. The highest BCUT2D eigenvalue weighted by atomic mass is 32.2. The van der Waals surface area contributed by atoms with Crippen LogP contribution in [0.25, 0.3) is 0 Å². The topological polar surface area (TPSA) is 63.4 Å². The van der Waals surface area contributed by atoms with Gasteiger partial charge in [-0.05, 0) is 32.6 Å². The molecule has 82 valence electrons. The summed E-state index contributed by atoms with van der Waals surface area (Å²) < 4.78 is 25.6. The fourth-order valence-corrected chi connectivity index (χ4v) is 4.90. The maximum Gasteiger partial charge on any atom is 0.216 e. The van der Waals surface area contributed by atoms with E-state index in [0.717, 1.165) is 25.7 Å². The van der Waals surface area contributed by atoms with Gasteiger partial charge in [0, 0.05) is 18.1 Å². The van der Waals surface area contributed by atoms with E-state index in [2.05, 4.69) is 0 Å². The van der Waals surface area contributed by atoms with E-state index in [1.165, 1.54) is 0 Å². The van der Waals surface area contributed by atoms with Gasteiger partial charge in [-0.25, -0.2) is 8.42 Å². The van der Waals surface area contributed by atoms with Gasteiger partial charge in [-0.1, -0.05) is 0 Å². The molecule has 2 fully saturated rings. The predicted octanol–water partition coefficient (Wildman–Crippen LogP) is 0.290. The minimum atomic E-state index is -3.09. The molecule has 2 N–H and O–H groups in total. The molecule has 0 radical (unpaired) electrons. The second-order valence-electron chi connectivity index (χ2n) is 4.55. The van der Waals surface area contributed by atoms with E-state index < -0.39 is 10.0 Å². The summed E-state index contributed by atoms with van der Waals surface area (Å²) in [5.74, 6) is 0.0972. The molecule has 0 aromatic carbocycles. The van der Waals surface area contributed by atoms with Gasteiger partial charge in [0.25, 0.3) is 0 Å². The van der Waals surface area contributed by atoms with E-state index in [9.17, 15) is 8.42 Å². The predicted molar refractivity (Wildman–Crippen MR) is 55.3 cm³/mol. The van der Waals surface area contributed by atoms with Crippen molar-refractivity contribution in [1.82, 2.24) is 4.31 Å². The largest absolute Gasteiger partial charge is 0.327 e. The van der Waals surface area contributed by atoms with E-state index >= 15 is 0 Å². The molecule has 0 aromatic heterocycles. The number of nitrogens with zero attached hydrogens (tertiary/aromatic N) is 1. The van der Waals surface area contributed by atoms with E-state index in [1.807, 2.05) is 0 Å². The van der Waals surface area contributed by atoms with Crippen molar-refractivity contribution in [3.05, 3.63) is 0 Å². The Bertz CT molecular complexity index is 293. The molecule has 2 heterocycles. The minimum Gasteiger partial charge on any atom is -0.327 e. The highest BCUT2D eigenvalue weighted by molar-refractivity contribution is 7.89. The molecule has 2 saturated heterocycles. The van der Waals surface area contributed by atoms with E-state index in [0.29, 0.717) is 0 Å². The van der Waals surface area contributed by atoms with Crippen molar-refractivity contribution in [2.45, 2.75) is 50.7 Å². The average molecular weight is 218 g/mol. The lowest BCUT2D eigenvalue weighted by atomic mass is 10.0. The van der Waals surface area contributed by atoms with Crippen molar-refractivity contribution in [1.29, 1.82) is 0 Å². The number of hydrogen-bond donors (Lipinski definition) is 1.